The Bertz CT molecular complexity index is 423. The van der Waals surface area contributed by atoms with Gasteiger partial charge >= 0.3 is 6.03 Å². The van der Waals surface area contributed by atoms with Crippen LogP contribution >= 0.6 is 0 Å². The molecular weight excluding hydrogens is 258 g/mol. The molecule has 1 rings (SSSR count). The fraction of sp³-hybridized carbons (Fsp3) is 0.714. The summed E-state index contributed by atoms with van der Waals surface area (Å²) in [4.78, 5) is 13.7. The number of aliphatic hydroxyl groups excluding tert-OH is 1. The summed E-state index contributed by atoms with van der Waals surface area (Å²) in [6, 6.07) is -0.264. The van der Waals surface area contributed by atoms with Crippen molar-refractivity contribution < 1.29 is 14.4 Å². The topological polar surface area (TPSA) is 78.6 Å². The Balaban J connectivity index is 2.67. The molecule has 114 valence electrons. The third-order valence-corrected chi connectivity index (χ3v) is 3.37. The molecule has 0 aliphatic heterocycles. The molecule has 2 unspecified atom stereocenters. The van der Waals surface area contributed by atoms with Crippen LogP contribution in [0.15, 0.2) is 4.52 Å². The van der Waals surface area contributed by atoms with Crippen LogP contribution in [0.25, 0.3) is 0 Å². The molecule has 1 heterocycles. The van der Waals surface area contributed by atoms with E-state index < -0.39 is 6.10 Å². The van der Waals surface area contributed by atoms with Crippen LogP contribution in [0.5, 0.6) is 0 Å². The molecular formula is C14H25N3O3. The predicted octanol–water partition coefficient (Wildman–Crippen LogP) is 2.15. The van der Waals surface area contributed by atoms with E-state index in [0.29, 0.717) is 13.0 Å². The number of carbonyl (C=O) groups is 1. The van der Waals surface area contributed by atoms with Gasteiger partial charge in [-0.15, -0.1) is 0 Å². The van der Waals surface area contributed by atoms with Gasteiger partial charge in [0.25, 0.3) is 0 Å². The van der Waals surface area contributed by atoms with Gasteiger partial charge < -0.3 is 19.8 Å². The summed E-state index contributed by atoms with van der Waals surface area (Å²) in [5.74, 6) is 0.737. The molecule has 1 aromatic rings. The van der Waals surface area contributed by atoms with Crippen LogP contribution in [0.2, 0.25) is 0 Å². The molecule has 2 atom stereocenters. The zero-order valence-corrected chi connectivity index (χ0v) is 12.9. The van der Waals surface area contributed by atoms with E-state index in [4.69, 9.17) is 4.52 Å². The van der Waals surface area contributed by atoms with Crippen molar-refractivity contribution in [3.63, 3.8) is 0 Å². The van der Waals surface area contributed by atoms with E-state index in [1.807, 2.05) is 20.8 Å². The molecule has 0 bridgehead atoms. The van der Waals surface area contributed by atoms with Gasteiger partial charge in [0.2, 0.25) is 0 Å². The smallest absolute Gasteiger partial charge is 0.317 e. The molecule has 0 saturated carbocycles. The van der Waals surface area contributed by atoms with Crippen LogP contribution < -0.4 is 5.32 Å². The van der Waals surface area contributed by atoms with E-state index in [1.165, 1.54) is 0 Å². The summed E-state index contributed by atoms with van der Waals surface area (Å²) in [5, 5.41) is 16.2. The number of aliphatic hydroxyl groups is 1. The molecule has 0 saturated heterocycles. The second kappa shape index (κ2) is 7.28. The molecule has 0 fully saturated rings. The number of amides is 2. The number of hydrogen-bond acceptors (Lipinski definition) is 4. The lowest BCUT2D eigenvalue weighted by Crippen LogP contribution is -2.40. The van der Waals surface area contributed by atoms with Crippen molar-refractivity contribution in [1.29, 1.82) is 0 Å². The first-order chi connectivity index (χ1) is 9.36. The SMILES string of the molecule is CCC(NC(=O)N(C)CCC(C)O)c1c(C)noc1C. The fourth-order valence-electron chi connectivity index (χ4n) is 2.11. The van der Waals surface area contributed by atoms with Crippen LogP contribution in [-0.4, -0.2) is 40.9 Å². The Morgan fingerprint density at radius 3 is 2.60 bits per heavy atom. The maximum absolute atomic E-state index is 12.1. The van der Waals surface area contributed by atoms with Crippen LogP contribution in [0, 0.1) is 13.8 Å². The van der Waals surface area contributed by atoms with E-state index in [-0.39, 0.29) is 12.1 Å². The molecule has 2 N–H and O–H groups in total. The second-order valence-electron chi connectivity index (χ2n) is 5.21. The largest absolute Gasteiger partial charge is 0.393 e. The normalized spacial score (nSPS) is 13.9. The van der Waals surface area contributed by atoms with Crippen molar-refractivity contribution in [3.8, 4) is 0 Å². The fourth-order valence-corrected chi connectivity index (χ4v) is 2.11. The van der Waals surface area contributed by atoms with Crippen molar-refractivity contribution >= 4 is 6.03 Å². The molecule has 0 aromatic carbocycles. The first-order valence-electron chi connectivity index (χ1n) is 6.99. The minimum absolute atomic E-state index is 0.109. The van der Waals surface area contributed by atoms with Crippen LogP contribution in [-0.2, 0) is 0 Å². The van der Waals surface area contributed by atoms with Crippen molar-refractivity contribution in [2.75, 3.05) is 13.6 Å². The number of urea groups is 1. The summed E-state index contributed by atoms with van der Waals surface area (Å²) in [7, 11) is 1.72. The van der Waals surface area contributed by atoms with Gasteiger partial charge in [0, 0.05) is 19.2 Å². The summed E-state index contributed by atoms with van der Waals surface area (Å²) >= 11 is 0. The average Bonchev–Trinajstić information content (AvgIpc) is 2.72. The number of nitrogens with zero attached hydrogens (tertiary/aromatic N) is 2. The van der Waals surface area contributed by atoms with Crippen LogP contribution in [0.4, 0.5) is 4.79 Å². The number of hydrogen-bond donors (Lipinski definition) is 2. The average molecular weight is 283 g/mol. The molecule has 0 radical (unpaired) electrons. The van der Waals surface area contributed by atoms with E-state index in [1.54, 1.807) is 18.9 Å². The number of nitrogens with one attached hydrogen (secondary N) is 1. The number of aromatic nitrogens is 1. The van der Waals surface area contributed by atoms with E-state index in [0.717, 1.165) is 23.4 Å². The Kier molecular flexibility index (Phi) is 6.01. The van der Waals surface area contributed by atoms with Gasteiger partial charge in [0.15, 0.2) is 0 Å². The van der Waals surface area contributed by atoms with E-state index in [9.17, 15) is 9.90 Å². The standard InChI is InChI=1S/C14H25N3O3/c1-6-12(13-10(3)16-20-11(13)4)15-14(19)17(5)8-7-9(2)18/h9,12,18H,6-8H2,1-5H3,(H,15,19). The highest BCUT2D eigenvalue weighted by molar-refractivity contribution is 5.74. The van der Waals surface area contributed by atoms with Crippen molar-refractivity contribution in [3.05, 3.63) is 17.0 Å². The van der Waals surface area contributed by atoms with Gasteiger partial charge in [0.05, 0.1) is 17.8 Å². The third kappa shape index (κ3) is 4.23. The molecule has 1 aromatic heterocycles. The zero-order chi connectivity index (χ0) is 15.3. The summed E-state index contributed by atoms with van der Waals surface area (Å²) in [6.45, 7) is 7.96. The quantitative estimate of drug-likeness (QED) is 0.838. The first-order valence-corrected chi connectivity index (χ1v) is 6.99. The van der Waals surface area contributed by atoms with Crippen molar-refractivity contribution in [1.82, 2.24) is 15.4 Å². The highest BCUT2D eigenvalue weighted by Crippen LogP contribution is 2.24. The maximum atomic E-state index is 12.1. The lowest BCUT2D eigenvalue weighted by Gasteiger charge is -2.23. The Hall–Kier alpha value is -1.56. The minimum atomic E-state index is -0.408. The summed E-state index contributed by atoms with van der Waals surface area (Å²) < 4.78 is 5.15. The summed E-state index contributed by atoms with van der Waals surface area (Å²) in [5.41, 5.74) is 1.76. The monoisotopic (exact) mass is 283 g/mol. The molecule has 6 heteroatoms. The number of rotatable bonds is 6. The Morgan fingerprint density at radius 1 is 1.50 bits per heavy atom. The van der Waals surface area contributed by atoms with Gasteiger partial charge in [-0.25, -0.2) is 4.79 Å². The van der Waals surface area contributed by atoms with Crippen molar-refractivity contribution in [2.24, 2.45) is 0 Å². The maximum Gasteiger partial charge on any atom is 0.317 e. The molecule has 2 amide bonds. The lowest BCUT2D eigenvalue weighted by molar-refractivity contribution is 0.162. The van der Waals surface area contributed by atoms with E-state index >= 15 is 0 Å². The van der Waals surface area contributed by atoms with Gasteiger partial charge in [-0.05, 0) is 33.6 Å². The van der Waals surface area contributed by atoms with Crippen LogP contribution in [0.3, 0.4) is 0 Å². The lowest BCUT2D eigenvalue weighted by atomic mass is 10.0. The third-order valence-electron chi connectivity index (χ3n) is 3.37. The highest BCUT2D eigenvalue weighted by Gasteiger charge is 2.22. The molecule has 0 spiro atoms. The second-order valence-corrected chi connectivity index (χ2v) is 5.21. The first kappa shape index (κ1) is 16.5. The highest BCUT2D eigenvalue weighted by atomic mass is 16.5. The predicted molar refractivity (Wildman–Crippen MR) is 76.5 cm³/mol. The molecule has 0 aliphatic rings. The Labute approximate surface area is 120 Å². The molecule has 0 aliphatic carbocycles. The van der Waals surface area contributed by atoms with Crippen LogP contribution in [0.1, 0.15) is 49.7 Å². The van der Waals surface area contributed by atoms with Gasteiger partial charge in [-0.1, -0.05) is 12.1 Å². The summed E-state index contributed by atoms with van der Waals surface area (Å²) in [6.07, 6.45) is 0.917. The van der Waals surface area contributed by atoms with Gasteiger partial charge in [-0.2, -0.15) is 0 Å². The van der Waals surface area contributed by atoms with Crippen molar-refractivity contribution in [2.45, 2.75) is 52.7 Å². The number of carbonyl (C=O) groups excluding carboxylic acids is 1. The van der Waals surface area contributed by atoms with Gasteiger partial charge in [0.1, 0.15) is 5.76 Å². The number of aryl methyl sites for hydroxylation is 2. The Morgan fingerprint density at radius 2 is 2.15 bits per heavy atom. The zero-order valence-electron chi connectivity index (χ0n) is 12.9. The van der Waals surface area contributed by atoms with E-state index in [2.05, 4.69) is 10.5 Å². The molecule has 20 heavy (non-hydrogen) atoms. The minimum Gasteiger partial charge on any atom is -0.393 e. The molecule has 6 nitrogen and oxygen atoms in total. The van der Waals surface area contributed by atoms with Gasteiger partial charge in [-0.3, -0.25) is 0 Å².